The van der Waals surface area contributed by atoms with Gasteiger partial charge in [0.25, 0.3) is 0 Å². The molecule has 3 atom stereocenters. The number of methoxy groups -OCH3 is 1. The Labute approximate surface area is 117 Å². The Morgan fingerprint density at radius 2 is 1.95 bits per heavy atom. The molecule has 0 aliphatic carbocycles. The third-order valence-corrected chi connectivity index (χ3v) is 4.04. The Morgan fingerprint density at radius 1 is 1.26 bits per heavy atom. The molecular formula is C16H28N2O. The Hall–Kier alpha value is -1.06. The van der Waals surface area contributed by atoms with E-state index in [1.807, 2.05) is 12.1 Å². The molecule has 0 spiro atoms. The summed E-state index contributed by atoms with van der Waals surface area (Å²) in [4.78, 5) is 2.38. The highest BCUT2D eigenvalue weighted by atomic mass is 16.5. The lowest BCUT2D eigenvalue weighted by atomic mass is 9.95. The van der Waals surface area contributed by atoms with Crippen LogP contribution in [0.1, 0.15) is 45.2 Å². The van der Waals surface area contributed by atoms with Gasteiger partial charge in [0.15, 0.2) is 0 Å². The van der Waals surface area contributed by atoms with E-state index >= 15 is 0 Å². The van der Waals surface area contributed by atoms with E-state index in [9.17, 15) is 0 Å². The second kappa shape index (κ2) is 7.51. The summed E-state index contributed by atoms with van der Waals surface area (Å²) >= 11 is 0. The van der Waals surface area contributed by atoms with E-state index in [0.717, 1.165) is 18.6 Å². The van der Waals surface area contributed by atoms with Gasteiger partial charge in [0.05, 0.1) is 7.11 Å². The molecule has 0 aliphatic heterocycles. The van der Waals surface area contributed by atoms with Gasteiger partial charge in [-0.25, -0.2) is 0 Å². The van der Waals surface area contributed by atoms with Crippen molar-refractivity contribution in [2.45, 2.75) is 51.7 Å². The summed E-state index contributed by atoms with van der Waals surface area (Å²) in [6.45, 7) is 6.60. The van der Waals surface area contributed by atoms with Gasteiger partial charge in [0.1, 0.15) is 5.75 Å². The van der Waals surface area contributed by atoms with Gasteiger partial charge in [0, 0.05) is 18.1 Å². The summed E-state index contributed by atoms with van der Waals surface area (Å²) in [5.41, 5.74) is 7.58. The molecule has 108 valence electrons. The summed E-state index contributed by atoms with van der Waals surface area (Å²) < 4.78 is 5.33. The normalized spacial score (nSPS) is 16.2. The van der Waals surface area contributed by atoms with Gasteiger partial charge in [-0.05, 0) is 44.5 Å². The van der Waals surface area contributed by atoms with Crippen LogP contribution in [0.3, 0.4) is 0 Å². The quantitative estimate of drug-likeness (QED) is 0.822. The molecule has 0 fully saturated rings. The third-order valence-electron chi connectivity index (χ3n) is 4.04. The van der Waals surface area contributed by atoms with Gasteiger partial charge in [0.2, 0.25) is 0 Å². The monoisotopic (exact) mass is 264 g/mol. The molecule has 0 saturated heterocycles. The van der Waals surface area contributed by atoms with Crippen molar-refractivity contribution in [1.82, 2.24) is 4.90 Å². The van der Waals surface area contributed by atoms with Crippen LogP contribution in [0.15, 0.2) is 24.3 Å². The van der Waals surface area contributed by atoms with Crippen LogP contribution in [-0.2, 0) is 0 Å². The average Bonchev–Trinajstić information content (AvgIpc) is 2.46. The first-order valence-electron chi connectivity index (χ1n) is 7.16. The number of ether oxygens (including phenoxy) is 1. The van der Waals surface area contributed by atoms with Gasteiger partial charge in [-0.15, -0.1) is 0 Å². The summed E-state index contributed by atoms with van der Waals surface area (Å²) in [7, 11) is 3.86. The Balaban J connectivity index is 3.08. The van der Waals surface area contributed by atoms with Crippen molar-refractivity contribution in [2.24, 2.45) is 5.73 Å². The van der Waals surface area contributed by atoms with Gasteiger partial charge in [-0.2, -0.15) is 0 Å². The molecular weight excluding hydrogens is 236 g/mol. The Morgan fingerprint density at radius 3 is 2.47 bits per heavy atom. The molecule has 2 N–H and O–H groups in total. The smallest absolute Gasteiger partial charge is 0.119 e. The van der Waals surface area contributed by atoms with Crippen molar-refractivity contribution in [3.05, 3.63) is 29.8 Å². The topological polar surface area (TPSA) is 38.5 Å². The van der Waals surface area contributed by atoms with Crippen molar-refractivity contribution < 1.29 is 4.74 Å². The van der Waals surface area contributed by atoms with Crippen molar-refractivity contribution >= 4 is 0 Å². The maximum Gasteiger partial charge on any atom is 0.119 e. The van der Waals surface area contributed by atoms with E-state index in [2.05, 4.69) is 44.9 Å². The minimum Gasteiger partial charge on any atom is -0.497 e. The number of hydrogen-bond acceptors (Lipinski definition) is 3. The van der Waals surface area contributed by atoms with Gasteiger partial charge < -0.3 is 10.5 Å². The standard InChI is InChI=1S/C16H28N2O/c1-6-12(3)18(4)16(15(17)7-2)13-9-8-10-14(11-13)19-5/h8-12,15-16H,6-7,17H2,1-5H3. The highest BCUT2D eigenvalue weighted by Crippen LogP contribution is 2.28. The predicted octanol–water partition coefficient (Wildman–Crippen LogP) is 3.20. The lowest BCUT2D eigenvalue weighted by molar-refractivity contribution is 0.154. The summed E-state index contributed by atoms with van der Waals surface area (Å²) in [5, 5.41) is 0. The molecule has 0 bridgehead atoms. The lowest BCUT2D eigenvalue weighted by Crippen LogP contribution is -2.42. The molecule has 1 aromatic rings. The van der Waals surface area contributed by atoms with E-state index < -0.39 is 0 Å². The molecule has 0 saturated carbocycles. The maximum atomic E-state index is 6.35. The lowest BCUT2D eigenvalue weighted by Gasteiger charge is -2.36. The molecule has 0 heterocycles. The molecule has 3 heteroatoms. The molecule has 1 rings (SSSR count). The number of likely N-dealkylation sites (N-methyl/N-ethyl adjacent to an activating group) is 1. The van der Waals surface area contributed by atoms with E-state index in [4.69, 9.17) is 10.5 Å². The number of nitrogens with two attached hydrogens (primary N) is 1. The van der Waals surface area contributed by atoms with Crippen LogP contribution < -0.4 is 10.5 Å². The Kier molecular flexibility index (Phi) is 6.32. The van der Waals surface area contributed by atoms with Crippen LogP contribution in [0.4, 0.5) is 0 Å². The fraction of sp³-hybridized carbons (Fsp3) is 0.625. The predicted molar refractivity (Wildman–Crippen MR) is 81.5 cm³/mol. The zero-order chi connectivity index (χ0) is 14.4. The highest BCUT2D eigenvalue weighted by molar-refractivity contribution is 5.31. The van der Waals surface area contributed by atoms with Gasteiger partial charge >= 0.3 is 0 Å². The fourth-order valence-corrected chi connectivity index (χ4v) is 2.40. The summed E-state index contributed by atoms with van der Waals surface area (Å²) in [5.74, 6) is 0.892. The molecule has 0 aliphatic rings. The van der Waals surface area contributed by atoms with E-state index in [-0.39, 0.29) is 12.1 Å². The first-order valence-corrected chi connectivity index (χ1v) is 7.16. The van der Waals surface area contributed by atoms with Crippen molar-refractivity contribution in [3.8, 4) is 5.75 Å². The molecule has 19 heavy (non-hydrogen) atoms. The number of nitrogens with zero attached hydrogens (tertiary/aromatic N) is 1. The van der Waals surface area contributed by atoms with Crippen molar-refractivity contribution in [1.29, 1.82) is 0 Å². The third kappa shape index (κ3) is 3.95. The molecule has 3 nitrogen and oxygen atoms in total. The fourth-order valence-electron chi connectivity index (χ4n) is 2.40. The minimum absolute atomic E-state index is 0.131. The molecule has 0 amide bonds. The van der Waals surface area contributed by atoms with Crippen molar-refractivity contribution in [3.63, 3.8) is 0 Å². The van der Waals surface area contributed by atoms with Crippen LogP contribution >= 0.6 is 0 Å². The molecule has 1 aromatic carbocycles. The minimum atomic E-state index is 0.131. The first kappa shape index (κ1) is 16.0. The highest BCUT2D eigenvalue weighted by Gasteiger charge is 2.25. The zero-order valence-electron chi connectivity index (χ0n) is 12.9. The molecule has 0 aromatic heterocycles. The van der Waals surface area contributed by atoms with E-state index in [1.54, 1.807) is 7.11 Å². The summed E-state index contributed by atoms with van der Waals surface area (Å²) in [6, 6.07) is 9.12. The molecule has 0 radical (unpaired) electrons. The van der Waals surface area contributed by atoms with Crippen LogP contribution in [0.2, 0.25) is 0 Å². The SMILES string of the molecule is CCC(N)C(c1cccc(OC)c1)N(C)C(C)CC. The van der Waals surface area contributed by atoms with E-state index in [0.29, 0.717) is 6.04 Å². The van der Waals surface area contributed by atoms with Crippen LogP contribution in [-0.4, -0.2) is 31.1 Å². The van der Waals surface area contributed by atoms with Gasteiger partial charge in [-0.3, -0.25) is 4.90 Å². The maximum absolute atomic E-state index is 6.35. The largest absolute Gasteiger partial charge is 0.497 e. The van der Waals surface area contributed by atoms with Crippen LogP contribution in [0.25, 0.3) is 0 Å². The number of hydrogen-bond donors (Lipinski definition) is 1. The summed E-state index contributed by atoms with van der Waals surface area (Å²) in [6.07, 6.45) is 2.08. The Bertz CT molecular complexity index is 381. The van der Waals surface area contributed by atoms with Gasteiger partial charge in [-0.1, -0.05) is 26.0 Å². The van der Waals surface area contributed by atoms with Crippen LogP contribution in [0.5, 0.6) is 5.75 Å². The number of rotatable bonds is 7. The van der Waals surface area contributed by atoms with Crippen LogP contribution in [0, 0.1) is 0 Å². The zero-order valence-corrected chi connectivity index (χ0v) is 12.9. The van der Waals surface area contributed by atoms with E-state index in [1.165, 1.54) is 5.56 Å². The first-order chi connectivity index (χ1) is 9.04. The number of benzene rings is 1. The second-order valence-electron chi connectivity index (χ2n) is 5.22. The average molecular weight is 264 g/mol. The second-order valence-corrected chi connectivity index (χ2v) is 5.22. The molecule has 3 unspecified atom stereocenters. The van der Waals surface area contributed by atoms with Crippen molar-refractivity contribution in [2.75, 3.05) is 14.2 Å².